The number of ketones is 1. The van der Waals surface area contributed by atoms with E-state index in [1.807, 2.05) is 42.3 Å². The smallest absolute Gasteiger partial charge is 0.162 e. The first-order chi connectivity index (χ1) is 14.3. The molecule has 30 heavy (non-hydrogen) atoms. The Morgan fingerprint density at radius 1 is 1.20 bits per heavy atom. The van der Waals surface area contributed by atoms with E-state index in [1.54, 1.807) is 11.3 Å². The number of nitrogens with zero attached hydrogens (tertiary/aromatic N) is 3. The van der Waals surface area contributed by atoms with E-state index in [2.05, 4.69) is 38.1 Å². The summed E-state index contributed by atoms with van der Waals surface area (Å²) in [7, 11) is 3.78. The highest BCUT2D eigenvalue weighted by molar-refractivity contribution is 7.12. The molecule has 2 atom stereocenters. The monoisotopic (exact) mass is 418 g/mol. The third kappa shape index (κ3) is 3.24. The fourth-order valence-corrected chi connectivity index (χ4v) is 5.74. The number of thiophene rings is 1. The van der Waals surface area contributed by atoms with Crippen molar-refractivity contribution < 1.29 is 4.79 Å². The van der Waals surface area contributed by atoms with Gasteiger partial charge in [0.2, 0.25) is 0 Å². The second-order valence-corrected chi connectivity index (χ2v) is 9.63. The molecule has 6 heteroatoms. The molecule has 0 spiro atoms. The van der Waals surface area contributed by atoms with Crippen molar-refractivity contribution in [3.05, 3.63) is 79.9 Å². The van der Waals surface area contributed by atoms with E-state index in [0.717, 1.165) is 27.3 Å². The van der Waals surface area contributed by atoms with Crippen LogP contribution in [-0.2, 0) is 4.79 Å². The summed E-state index contributed by atoms with van der Waals surface area (Å²) in [6.45, 7) is 4.11. The zero-order valence-electron chi connectivity index (χ0n) is 17.8. The Bertz CT molecular complexity index is 1100. The minimum atomic E-state index is -0.393. The van der Waals surface area contributed by atoms with Gasteiger partial charge in [-0.05, 0) is 43.4 Å². The van der Waals surface area contributed by atoms with Crippen molar-refractivity contribution in [2.24, 2.45) is 5.73 Å². The molecule has 2 aliphatic rings. The van der Waals surface area contributed by atoms with Crippen LogP contribution in [0.3, 0.4) is 0 Å². The van der Waals surface area contributed by atoms with E-state index in [4.69, 9.17) is 5.73 Å². The van der Waals surface area contributed by atoms with E-state index >= 15 is 0 Å². The van der Waals surface area contributed by atoms with Crippen LogP contribution >= 0.6 is 11.3 Å². The number of aryl methyl sites for hydroxylation is 2. The van der Waals surface area contributed by atoms with E-state index < -0.39 is 5.92 Å². The molecule has 5 nitrogen and oxygen atoms in total. The zero-order valence-corrected chi connectivity index (χ0v) is 18.6. The van der Waals surface area contributed by atoms with Crippen LogP contribution in [0.4, 0.5) is 0 Å². The van der Waals surface area contributed by atoms with Crippen LogP contribution in [0.25, 0.3) is 0 Å². The summed E-state index contributed by atoms with van der Waals surface area (Å²) >= 11 is 1.69. The highest BCUT2D eigenvalue weighted by Crippen LogP contribution is 2.49. The molecule has 0 amide bonds. The van der Waals surface area contributed by atoms with Gasteiger partial charge in [-0.3, -0.25) is 9.80 Å². The van der Waals surface area contributed by atoms with Gasteiger partial charge in [0.1, 0.15) is 5.82 Å². The van der Waals surface area contributed by atoms with Gasteiger partial charge < -0.3 is 5.73 Å². The number of hydrogen-bond donors (Lipinski definition) is 1. The summed E-state index contributed by atoms with van der Waals surface area (Å²) in [5, 5.41) is 13.8. The predicted octanol–water partition coefficient (Wildman–Crippen LogP) is 4.34. The lowest BCUT2D eigenvalue weighted by molar-refractivity contribution is -0.117. The van der Waals surface area contributed by atoms with Crippen LogP contribution in [-0.4, -0.2) is 29.9 Å². The minimum absolute atomic E-state index is 0.0993. The Morgan fingerprint density at radius 3 is 2.47 bits per heavy atom. The number of hydrazine groups is 1. The maximum absolute atomic E-state index is 13.6. The first kappa shape index (κ1) is 20.4. The number of nitriles is 1. The standard InChI is InChI=1S/C24H26N4OS/c1-14-10-18(15(2)30-14)22-19(13-25)24(26)28(27(3)4)20-11-17(12-21(29)23(20)22)16-8-6-5-7-9-16/h5-10,17,22H,11-12,26H2,1-4H3/t17-,22-/m1/s1. The molecule has 1 aliphatic carbocycles. The molecule has 2 heterocycles. The van der Waals surface area contributed by atoms with Gasteiger partial charge in [0.15, 0.2) is 5.78 Å². The lowest BCUT2D eigenvalue weighted by atomic mass is 9.72. The largest absolute Gasteiger partial charge is 0.383 e. The molecule has 0 saturated carbocycles. The van der Waals surface area contributed by atoms with Gasteiger partial charge in [0.05, 0.1) is 17.6 Å². The van der Waals surface area contributed by atoms with Gasteiger partial charge in [0, 0.05) is 41.5 Å². The Balaban J connectivity index is 1.91. The van der Waals surface area contributed by atoms with Gasteiger partial charge in [-0.15, -0.1) is 11.3 Å². The molecule has 0 saturated heterocycles. The van der Waals surface area contributed by atoms with Crippen molar-refractivity contribution in [3.8, 4) is 6.07 Å². The van der Waals surface area contributed by atoms with Crippen LogP contribution < -0.4 is 5.73 Å². The van der Waals surface area contributed by atoms with Crippen molar-refractivity contribution in [1.82, 2.24) is 10.0 Å². The minimum Gasteiger partial charge on any atom is -0.383 e. The summed E-state index contributed by atoms with van der Waals surface area (Å²) in [4.78, 5) is 15.9. The predicted molar refractivity (Wildman–Crippen MR) is 119 cm³/mol. The topological polar surface area (TPSA) is 73.4 Å². The number of hydrogen-bond acceptors (Lipinski definition) is 6. The SMILES string of the molecule is Cc1cc([C@@H]2C(C#N)=C(N)N(N(C)C)C3=C2C(=O)C[C@H](c2ccccc2)C3)c(C)s1. The molecule has 0 radical (unpaired) electrons. The zero-order chi connectivity index (χ0) is 21.6. The highest BCUT2D eigenvalue weighted by atomic mass is 32.1. The first-order valence-electron chi connectivity index (χ1n) is 10.1. The second kappa shape index (κ2) is 7.75. The van der Waals surface area contributed by atoms with Crippen LogP contribution in [0.2, 0.25) is 0 Å². The summed E-state index contributed by atoms with van der Waals surface area (Å²) in [6.07, 6.45) is 1.16. The van der Waals surface area contributed by atoms with E-state index in [9.17, 15) is 10.1 Å². The molecule has 2 N–H and O–H groups in total. The average molecular weight is 419 g/mol. The maximum Gasteiger partial charge on any atom is 0.162 e. The number of nitrogens with two attached hydrogens (primary N) is 1. The molecule has 0 unspecified atom stereocenters. The summed E-state index contributed by atoms with van der Waals surface area (Å²) in [5.41, 5.74) is 10.8. The Labute approximate surface area is 181 Å². The number of Topliss-reactive ketones (excluding diaryl/α,β-unsaturated/α-hetero) is 1. The molecular formula is C24H26N4OS. The van der Waals surface area contributed by atoms with E-state index in [0.29, 0.717) is 24.2 Å². The average Bonchev–Trinajstić information content (AvgIpc) is 3.04. The summed E-state index contributed by atoms with van der Waals surface area (Å²) < 4.78 is 0. The molecule has 154 valence electrons. The Hall–Kier alpha value is -2.88. The molecule has 4 rings (SSSR count). The fraction of sp³-hybridized carbons (Fsp3) is 0.333. The third-order valence-electron chi connectivity index (χ3n) is 6.00. The van der Waals surface area contributed by atoms with Crippen molar-refractivity contribution in [3.63, 3.8) is 0 Å². The second-order valence-electron chi connectivity index (χ2n) is 8.17. The lowest BCUT2D eigenvalue weighted by Gasteiger charge is -2.43. The maximum atomic E-state index is 13.6. The van der Waals surface area contributed by atoms with Gasteiger partial charge in [0.25, 0.3) is 0 Å². The fourth-order valence-electron chi connectivity index (χ4n) is 4.78. The number of benzene rings is 1. The normalized spacial score (nSPS) is 21.9. The number of allylic oxidation sites excluding steroid dienone is 3. The van der Waals surface area contributed by atoms with E-state index in [-0.39, 0.29) is 11.7 Å². The van der Waals surface area contributed by atoms with Crippen LogP contribution in [0.1, 0.15) is 45.6 Å². The van der Waals surface area contributed by atoms with E-state index in [1.165, 1.54) is 4.88 Å². The Morgan fingerprint density at radius 2 is 1.90 bits per heavy atom. The highest BCUT2D eigenvalue weighted by Gasteiger charge is 2.43. The Kier molecular flexibility index (Phi) is 5.27. The van der Waals surface area contributed by atoms with Gasteiger partial charge in [-0.2, -0.15) is 5.26 Å². The van der Waals surface area contributed by atoms with Crippen molar-refractivity contribution in [2.45, 2.75) is 38.5 Å². The van der Waals surface area contributed by atoms with Crippen LogP contribution in [0, 0.1) is 25.2 Å². The van der Waals surface area contributed by atoms with Crippen molar-refractivity contribution >= 4 is 17.1 Å². The molecule has 1 aromatic heterocycles. The van der Waals surface area contributed by atoms with Crippen LogP contribution in [0.15, 0.2) is 59.1 Å². The van der Waals surface area contributed by atoms with Crippen LogP contribution in [0.5, 0.6) is 0 Å². The molecule has 0 fully saturated rings. The summed E-state index contributed by atoms with van der Waals surface area (Å²) in [6, 6.07) is 14.6. The third-order valence-corrected chi connectivity index (χ3v) is 6.98. The summed E-state index contributed by atoms with van der Waals surface area (Å²) in [5.74, 6) is 0.221. The first-order valence-corrected chi connectivity index (χ1v) is 10.9. The molecular weight excluding hydrogens is 392 g/mol. The molecule has 1 aliphatic heterocycles. The molecule has 2 aromatic rings. The quantitative estimate of drug-likeness (QED) is 0.803. The van der Waals surface area contributed by atoms with Gasteiger partial charge in [-0.1, -0.05) is 30.3 Å². The van der Waals surface area contributed by atoms with Crippen molar-refractivity contribution in [1.29, 1.82) is 5.26 Å². The molecule has 0 bridgehead atoms. The number of rotatable bonds is 3. The number of carbonyl (C=O) groups is 1. The van der Waals surface area contributed by atoms with Crippen molar-refractivity contribution in [2.75, 3.05) is 14.1 Å². The van der Waals surface area contributed by atoms with Gasteiger partial charge in [-0.25, -0.2) is 5.01 Å². The number of carbonyl (C=O) groups excluding carboxylic acids is 1. The van der Waals surface area contributed by atoms with Gasteiger partial charge >= 0.3 is 0 Å². The lowest BCUT2D eigenvalue weighted by Crippen LogP contribution is -2.46. The molecule has 1 aromatic carbocycles.